The monoisotopic (exact) mass is 378 g/mol. The maximum Gasteiger partial charge on any atom is 0.224 e. The highest BCUT2D eigenvalue weighted by atomic mass is 16.5. The number of nitrogens with one attached hydrogen (secondary N) is 1. The van der Waals surface area contributed by atoms with Gasteiger partial charge in [-0.05, 0) is 43.5 Å². The van der Waals surface area contributed by atoms with Crippen LogP contribution in [0, 0.1) is 6.92 Å². The smallest absolute Gasteiger partial charge is 0.224 e. The SMILES string of the molecule is CCCOc1ccc(NC(=O)CCCc2ncc(-c3ccccc3)o2)c(C)c1. The van der Waals surface area contributed by atoms with Crippen molar-refractivity contribution in [1.29, 1.82) is 0 Å². The van der Waals surface area contributed by atoms with Gasteiger partial charge in [0.2, 0.25) is 5.91 Å². The van der Waals surface area contributed by atoms with Crippen molar-refractivity contribution in [2.24, 2.45) is 0 Å². The Bertz CT molecular complexity index is 903. The molecule has 0 saturated heterocycles. The van der Waals surface area contributed by atoms with Crippen LogP contribution >= 0.6 is 0 Å². The van der Waals surface area contributed by atoms with Crippen molar-refractivity contribution < 1.29 is 13.9 Å². The van der Waals surface area contributed by atoms with Gasteiger partial charge in [-0.3, -0.25) is 4.79 Å². The number of ether oxygens (including phenoxy) is 1. The first-order chi connectivity index (χ1) is 13.7. The Balaban J connectivity index is 1.47. The van der Waals surface area contributed by atoms with Crippen molar-refractivity contribution in [1.82, 2.24) is 4.98 Å². The molecule has 0 aliphatic carbocycles. The molecule has 0 aliphatic rings. The fourth-order valence-corrected chi connectivity index (χ4v) is 2.86. The molecular formula is C23H26N2O3. The van der Waals surface area contributed by atoms with Crippen LogP contribution in [0.2, 0.25) is 0 Å². The van der Waals surface area contributed by atoms with E-state index in [-0.39, 0.29) is 5.91 Å². The number of aryl methyl sites for hydroxylation is 2. The van der Waals surface area contributed by atoms with Gasteiger partial charge in [-0.15, -0.1) is 0 Å². The Morgan fingerprint density at radius 2 is 2.00 bits per heavy atom. The van der Waals surface area contributed by atoms with Gasteiger partial charge in [0.05, 0.1) is 12.8 Å². The Morgan fingerprint density at radius 1 is 1.18 bits per heavy atom. The Hall–Kier alpha value is -3.08. The molecule has 0 aliphatic heterocycles. The number of hydrogen-bond acceptors (Lipinski definition) is 4. The molecule has 3 rings (SSSR count). The molecule has 3 aromatic rings. The van der Waals surface area contributed by atoms with Crippen molar-refractivity contribution in [2.75, 3.05) is 11.9 Å². The Kier molecular flexibility index (Phi) is 6.84. The summed E-state index contributed by atoms with van der Waals surface area (Å²) in [6.45, 7) is 4.73. The largest absolute Gasteiger partial charge is 0.494 e. The number of amides is 1. The highest BCUT2D eigenvalue weighted by Gasteiger charge is 2.09. The quantitative estimate of drug-likeness (QED) is 0.541. The molecule has 0 fully saturated rings. The van der Waals surface area contributed by atoms with E-state index in [0.29, 0.717) is 31.8 Å². The summed E-state index contributed by atoms with van der Waals surface area (Å²) < 4.78 is 11.4. The minimum atomic E-state index is -0.0137. The average Bonchev–Trinajstić information content (AvgIpc) is 3.18. The van der Waals surface area contributed by atoms with E-state index in [4.69, 9.17) is 9.15 Å². The van der Waals surface area contributed by atoms with Crippen molar-refractivity contribution >= 4 is 11.6 Å². The average molecular weight is 378 g/mol. The summed E-state index contributed by atoms with van der Waals surface area (Å²) in [7, 11) is 0. The molecule has 146 valence electrons. The van der Waals surface area contributed by atoms with Gasteiger partial charge in [0.15, 0.2) is 11.7 Å². The predicted molar refractivity (Wildman–Crippen MR) is 110 cm³/mol. The van der Waals surface area contributed by atoms with Crippen LogP contribution in [0.4, 0.5) is 5.69 Å². The second-order valence-corrected chi connectivity index (χ2v) is 6.71. The first-order valence-electron chi connectivity index (χ1n) is 9.69. The fourth-order valence-electron chi connectivity index (χ4n) is 2.86. The van der Waals surface area contributed by atoms with Crippen LogP contribution in [0.15, 0.2) is 59.1 Å². The predicted octanol–water partition coefficient (Wildman–Crippen LogP) is 5.40. The zero-order valence-corrected chi connectivity index (χ0v) is 16.4. The molecule has 1 N–H and O–H groups in total. The van der Waals surface area contributed by atoms with E-state index in [1.54, 1.807) is 6.20 Å². The third kappa shape index (κ3) is 5.46. The highest BCUT2D eigenvalue weighted by molar-refractivity contribution is 5.91. The van der Waals surface area contributed by atoms with E-state index in [2.05, 4.69) is 17.2 Å². The normalized spacial score (nSPS) is 10.6. The van der Waals surface area contributed by atoms with Gasteiger partial charge >= 0.3 is 0 Å². The standard InChI is InChI=1S/C23H26N2O3/c1-3-14-27-19-12-13-20(17(2)15-19)25-22(26)10-7-11-23-24-16-21(28-23)18-8-5-4-6-9-18/h4-6,8-9,12-13,15-16H,3,7,10-11,14H2,1-2H3,(H,25,26). The minimum Gasteiger partial charge on any atom is -0.494 e. The van der Waals surface area contributed by atoms with Crippen molar-refractivity contribution in [3.8, 4) is 17.1 Å². The summed E-state index contributed by atoms with van der Waals surface area (Å²) in [4.78, 5) is 16.6. The van der Waals surface area contributed by atoms with E-state index in [1.807, 2.05) is 55.5 Å². The number of anilines is 1. The molecule has 1 amide bonds. The summed E-state index contributed by atoms with van der Waals surface area (Å²) in [5.41, 5.74) is 2.80. The molecule has 2 aromatic carbocycles. The van der Waals surface area contributed by atoms with Gasteiger partial charge in [0.1, 0.15) is 5.75 Å². The summed E-state index contributed by atoms with van der Waals surface area (Å²) in [5.74, 6) is 2.22. The number of oxazole rings is 1. The topological polar surface area (TPSA) is 64.4 Å². The molecule has 0 unspecified atom stereocenters. The van der Waals surface area contributed by atoms with Gasteiger partial charge in [0, 0.05) is 24.1 Å². The Labute approximate surface area is 165 Å². The summed E-state index contributed by atoms with van der Waals surface area (Å²) in [6.07, 6.45) is 4.42. The van der Waals surface area contributed by atoms with Gasteiger partial charge in [-0.1, -0.05) is 37.3 Å². The third-order valence-corrected chi connectivity index (χ3v) is 4.35. The number of benzene rings is 2. The molecule has 0 saturated carbocycles. The first-order valence-corrected chi connectivity index (χ1v) is 9.69. The third-order valence-electron chi connectivity index (χ3n) is 4.35. The number of rotatable bonds is 9. The molecule has 0 spiro atoms. The zero-order valence-electron chi connectivity index (χ0n) is 16.4. The van der Waals surface area contributed by atoms with E-state index in [1.165, 1.54) is 0 Å². The van der Waals surface area contributed by atoms with Crippen LogP contribution in [0.1, 0.15) is 37.6 Å². The van der Waals surface area contributed by atoms with Gasteiger partial charge < -0.3 is 14.5 Å². The fraction of sp³-hybridized carbons (Fsp3) is 0.304. The second-order valence-electron chi connectivity index (χ2n) is 6.71. The summed E-state index contributed by atoms with van der Waals surface area (Å²) in [6, 6.07) is 15.6. The number of carbonyl (C=O) groups excluding carboxylic acids is 1. The molecule has 5 heteroatoms. The summed E-state index contributed by atoms with van der Waals surface area (Å²) in [5, 5.41) is 2.97. The number of hydrogen-bond donors (Lipinski definition) is 1. The lowest BCUT2D eigenvalue weighted by molar-refractivity contribution is -0.116. The molecule has 5 nitrogen and oxygen atoms in total. The van der Waals surface area contributed by atoms with Gasteiger partial charge in [-0.25, -0.2) is 4.98 Å². The van der Waals surface area contributed by atoms with E-state index in [0.717, 1.165) is 34.7 Å². The maximum atomic E-state index is 12.2. The van der Waals surface area contributed by atoms with Crippen molar-refractivity contribution in [3.63, 3.8) is 0 Å². The van der Waals surface area contributed by atoms with Gasteiger partial charge in [-0.2, -0.15) is 0 Å². The highest BCUT2D eigenvalue weighted by Crippen LogP contribution is 2.23. The van der Waals surface area contributed by atoms with Crippen LogP contribution < -0.4 is 10.1 Å². The van der Waals surface area contributed by atoms with Crippen LogP contribution in [-0.2, 0) is 11.2 Å². The summed E-state index contributed by atoms with van der Waals surface area (Å²) >= 11 is 0. The molecule has 0 radical (unpaired) electrons. The van der Waals surface area contributed by atoms with E-state index >= 15 is 0 Å². The molecule has 28 heavy (non-hydrogen) atoms. The number of carbonyl (C=O) groups is 1. The number of aromatic nitrogens is 1. The van der Waals surface area contributed by atoms with Gasteiger partial charge in [0.25, 0.3) is 0 Å². The zero-order chi connectivity index (χ0) is 19.8. The van der Waals surface area contributed by atoms with E-state index in [9.17, 15) is 4.79 Å². The van der Waals surface area contributed by atoms with Crippen LogP contribution in [0.25, 0.3) is 11.3 Å². The first kappa shape index (κ1) is 19.7. The van der Waals surface area contributed by atoms with Crippen LogP contribution in [0.3, 0.4) is 0 Å². The molecule has 0 bridgehead atoms. The Morgan fingerprint density at radius 3 is 2.75 bits per heavy atom. The molecule has 0 atom stereocenters. The molecule has 1 heterocycles. The van der Waals surface area contributed by atoms with Crippen LogP contribution in [0.5, 0.6) is 5.75 Å². The number of nitrogens with zero attached hydrogens (tertiary/aromatic N) is 1. The minimum absolute atomic E-state index is 0.0137. The van der Waals surface area contributed by atoms with Crippen molar-refractivity contribution in [2.45, 2.75) is 39.5 Å². The maximum absolute atomic E-state index is 12.2. The lowest BCUT2D eigenvalue weighted by Gasteiger charge is -2.11. The molecular weight excluding hydrogens is 352 g/mol. The van der Waals surface area contributed by atoms with Crippen LogP contribution in [-0.4, -0.2) is 17.5 Å². The van der Waals surface area contributed by atoms with Crippen molar-refractivity contribution in [3.05, 3.63) is 66.2 Å². The lowest BCUT2D eigenvalue weighted by Crippen LogP contribution is -2.12. The molecule has 1 aromatic heterocycles. The van der Waals surface area contributed by atoms with E-state index < -0.39 is 0 Å². The lowest BCUT2D eigenvalue weighted by atomic mass is 10.1. The second kappa shape index (κ2) is 9.74.